The summed E-state index contributed by atoms with van der Waals surface area (Å²) in [4.78, 5) is 14.5. The van der Waals surface area contributed by atoms with E-state index in [4.69, 9.17) is 4.74 Å². The number of rotatable bonds is 8. The number of hydrogen-bond acceptors (Lipinski definition) is 2. The molecular weight excluding hydrogens is 384 g/mol. The normalized spacial score (nSPS) is 14.5. The van der Waals surface area contributed by atoms with Crippen LogP contribution in [0.1, 0.15) is 34.6 Å². The number of carbonyl (C=O) groups is 1. The lowest BCUT2D eigenvalue weighted by Crippen LogP contribution is -3.12. The monoisotopic (exact) mass is 415 g/mol. The van der Waals surface area contributed by atoms with Crippen LogP contribution >= 0.6 is 0 Å². The molecule has 1 fully saturated rings. The van der Waals surface area contributed by atoms with Crippen LogP contribution in [-0.2, 0) is 22.6 Å². The molecule has 0 bridgehead atoms. The lowest BCUT2D eigenvalue weighted by Gasteiger charge is -2.24. The van der Waals surface area contributed by atoms with Crippen LogP contribution in [0.4, 0.5) is 0 Å². The Morgan fingerprint density at radius 1 is 0.806 bits per heavy atom. The first-order valence-electron chi connectivity index (χ1n) is 11.1. The maximum Gasteiger partial charge on any atom is 0.221 e. The Hall–Kier alpha value is -2.95. The van der Waals surface area contributed by atoms with Crippen LogP contribution in [0.2, 0.25) is 0 Å². The van der Waals surface area contributed by atoms with E-state index in [1.807, 2.05) is 36.4 Å². The molecule has 0 atom stereocenters. The minimum Gasteiger partial charge on any atom is -0.370 e. The fourth-order valence-corrected chi connectivity index (χ4v) is 4.26. The third-order valence-corrected chi connectivity index (χ3v) is 6.03. The SMILES string of the molecule is O=C(CC(c1ccccc1)c1ccccc1)NCc1ccccc1C[NH+]1CCOCC1. The zero-order chi connectivity index (χ0) is 21.3. The van der Waals surface area contributed by atoms with Gasteiger partial charge in [0.05, 0.1) is 13.2 Å². The van der Waals surface area contributed by atoms with Crippen molar-refractivity contribution in [3.8, 4) is 0 Å². The van der Waals surface area contributed by atoms with Gasteiger partial charge in [-0.15, -0.1) is 0 Å². The van der Waals surface area contributed by atoms with E-state index >= 15 is 0 Å². The smallest absolute Gasteiger partial charge is 0.221 e. The summed E-state index contributed by atoms with van der Waals surface area (Å²) in [6.07, 6.45) is 0.435. The average Bonchev–Trinajstić information content (AvgIpc) is 2.84. The van der Waals surface area contributed by atoms with Crippen molar-refractivity contribution >= 4 is 5.91 Å². The van der Waals surface area contributed by atoms with E-state index in [1.54, 1.807) is 4.90 Å². The molecule has 1 heterocycles. The van der Waals surface area contributed by atoms with Crippen molar-refractivity contribution in [1.29, 1.82) is 0 Å². The van der Waals surface area contributed by atoms with Gasteiger partial charge >= 0.3 is 0 Å². The second kappa shape index (κ2) is 10.9. The Labute approximate surface area is 184 Å². The molecule has 0 unspecified atom stereocenters. The topological polar surface area (TPSA) is 42.8 Å². The van der Waals surface area contributed by atoms with E-state index in [-0.39, 0.29) is 11.8 Å². The summed E-state index contributed by atoms with van der Waals surface area (Å²) < 4.78 is 5.48. The van der Waals surface area contributed by atoms with E-state index in [1.165, 1.54) is 22.3 Å². The van der Waals surface area contributed by atoms with Gasteiger partial charge in [-0.1, -0.05) is 84.9 Å². The van der Waals surface area contributed by atoms with Gasteiger partial charge in [0.1, 0.15) is 19.6 Å². The Balaban J connectivity index is 1.41. The zero-order valence-corrected chi connectivity index (χ0v) is 17.9. The summed E-state index contributed by atoms with van der Waals surface area (Å²) in [6, 6.07) is 29.0. The molecule has 4 heteroatoms. The summed E-state index contributed by atoms with van der Waals surface area (Å²) in [5.74, 6) is 0.127. The van der Waals surface area contributed by atoms with Gasteiger partial charge in [-0.3, -0.25) is 4.79 Å². The van der Waals surface area contributed by atoms with Crippen LogP contribution in [0.3, 0.4) is 0 Å². The quantitative estimate of drug-likeness (QED) is 0.594. The van der Waals surface area contributed by atoms with E-state index in [0.29, 0.717) is 13.0 Å². The molecule has 3 aromatic carbocycles. The molecule has 2 N–H and O–H groups in total. The summed E-state index contributed by atoms with van der Waals surface area (Å²) >= 11 is 0. The van der Waals surface area contributed by atoms with E-state index in [9.17, 15) is 4.79 Å². The predicted molar refractivity (Wildman–Crippen MR) is 123 cm³/mol. The molecule has 1 aliphatic heterocycles. The molecule has 0 radical (unpaired) electrons. The number of carbonyl (C=O) groups excluding carboxylic acids is 1. The Bertz CT molecular complexity index is 914. The third-order valence-electron chi connectivity index (χ3n) is 6.03. The minimum atomic E-state index is 0.0513. The predicted octanol–water partition coefficient (Wildman–Crippen LogP) is 2.94. The maximum atomic E-state index is 12.9. The van der Waals surface area contributed by atoms with E-state index in [0.717, 1.165) is 32.8 Å². The number of quaternary nitrogens is 1. The zero-order valence-electron chi connectivity index (χ0n) is 17.9. The number of amides is 1. The van der Waals surface area contributed by atoms with Crippen molar-refractivity contribution in [1.82, 2.24) is 5.32 Å². The van der Waals surface area contributed by atoms with Gasteiger partial charge in [-0.05, 0) is 16.7 Å². The molecular formula is C27H31N2O2+. The highest BCUT2D eigenvalue weighted by Crippen LogP contribution is 2.27. The number of morpholine rings is 1. The molecule has 4 rings (SSSR count). The fraction of sp³-hybridized carbons (Fsp3) is 0.296. The van der Waals surface area contributed by atoms with E-state index in [2.05, 4.69) is 53.8 Å². The van der Waals surface area contributed by atoms with Gasteiger partial charge in [-0.2, -0.15) is 0 Å². The van der Waals surface area contributed by atoms with Crippen LogP contribution in [-0.4, -0.2) is 32.2 Å². The van der Waals surface area contributed by atoms with Gasteiger partial charge in [-0.25, -0.2) is 0 Å². The summed E-state index contributed by atoms with van der Waals surface area (Å²) in [6.45, 7) is 5.28. The van der Waals surface area contributed by atoms with Crippen molar-refractivity contribution in [2.45, 2.75) is 25.4 Å². The standard InChI is InChI=1S/C27H30N2O2/c30-27(19-26(22-9-3-1-4-10-22)23-11-5-2-6-12-23)28-20-24-13-7-8-14-25(24)21-29-15-17-31-18-16-29/h1-14,26H,15-21H2,(H,28,30)/p+1. The number of hydrogen-bond donors (Lipinski definition) is 2. The number of benzene rings is 3. The molecule has 0 spiro atoms. The van der Waals surface area contributed by atoms with Crippen molar-refractivity contribution in [2.24, 2.45) is 0 Å². The summed E-state index contributed by atoms with van der Waals surface area (Å²) in [5.41, 5.74) is 4.84. The van der Waals surface area contributed by atoms with Crippen molar-refractivity contribution in [3.05, 3.63) is 107 Å². The molecule has 0 saturated carbocycles. The van der Waals surface area contributed by atoms with Crippen molar-refractivity contribution in [2.75, 3.05) is 26.3 Å². The highest BCUT2D eigenvalue weighted by atomic mass is 16.5. The van der Waals surface area contributed by atoms with Gasteiger partial charge in [0.25, 0.3) is 0 Å². The number of nitrogens with one attached hydrogen (secondary N) is 2. The second-order valence-corrected chi connectivity index (χ2v) is 8.16. The average molecular weight is 416 g/mol. The molecule has 1 aliphatic rings. The summed E-state index contributed by atoms with van der Waals surface area (Å²) in [5, 5.41) is 3.17. The first-order valence-corrected chi connectivity index (χ1v) is 11.1. The van der Waals surface area contributed by atoms with Crippen molar-refractivity contribution < 1.29 is 14.4 Å². The minimum absolute atomic E-state index is 0.0513. The highest BCUT2D eigenvalue weighted by Gasteiger charge is 2.19. The Kier molecular flexibility index (Phi) is 7.48. The van der Waals surface area contributed by atoms with Crippen molar-refractivity contribution in [3.63, 3.8) is 0 Å². The maximum absolute atomic E-state index is 12.9. The molecule has 1 saturated heterocycles. The van der Waals surface area contributed by atoms with Crippen LogP contribution in [0, 0.1) is 0 Å². The third kappa shape index (κ3) is 6.03. The van der Waals surface area contributed by atoms with Gasteiger partial charge < -0.3 is 15.0 Å². The first kappa shape index (κ1) is 21.3. The molecule has 0 aromatic heterocycles. The molecule has 0 aliphatic carbocycles. The molecule has 1 amide bonds. The van der Waals surface area contributed by atoms with Crippen LogP contribution in [0.5, 0.6) is 0 Å². The molecule has 4 nitrogen and oxygen atoms in total. The molecule has 31 heavy (non-hydrogen) atoms. The largest absolute Gasteiger partial charge is 0.370 e. The van der Waals surface area contributed by atoms with E-state index < -0.39 is 0 Å². The lowest BCUT2D eigenvalue weighted by atomic mass is 9.88. The van der Waals surface area contributed by atoms with Crippen LogP contribution in [0.25, 0.3) is 0 Å². The fourth-order valence-electron chi connectivity index (χ4n) is 4.26. The second-order valence-electron chi connectivity index (χ2n) is 8.16. The first-order chi connectivity index (χ1) is 15.3. The summed E-state index contributed by atoms with van der Waals surface area (Å²) in [7, 11) is 0. The van der Waals surface area contributed by atoms with Crippen LogP contribution in [0.15, 0.2) is 84.9 Å². The lowest BCUT2D eigenvalue weighted by molar-refractivity contribution is -0.921. The van der Waals surface area contributed by atoms with Crippen LogP contribution < -0.4 is 10.2 Å². The van der Waals surface area contributed by atoms with Gasteiger partial charge in [0, 0.05) is 24.4 Å². The van der Waals surface area contributed by atoms with Gasteiger partial charge in [0.15, 0.2) is 0 Å². The van der Waals surface area contributed by atoms with Gasteiger partial charge in [0.2, 0.25) is 5.91 Å². The highest BCUT2D eigenvalue weighted by molar-refractivity contribution is 5.77. The molecule has 3 aromatic rings. The number of ether oxygens (including phenoxy) is 1. The molecule has 160 valence electrons. The Morgan fingerprint density at radius 3 is 1.97 bits per heavy atom. The Morgan fingerprint density at radius 2 is 1.35 bits per heavy atom.